The molecule has 0 radical (unpaired) electrons. The van der Waals surface area contributed by atoms with Gasteiger partial charge in [-0.05, 0) is 33.9 Å². The van der Waals surface area contributed by atoms with Crippen LogP contribution in [-0.2, 0) is 4.74 Å². The number of hydrogen-bond donors (Lipinski definition) is 2. The fraction of sp³-hybridized carbons (Fsp3) is 0.923. The van der Waals surface area contributed by atoms with Gasteiger partial charge < -0.3 is 15.4 Å². The molecule has 0 aromatic rings. The molecule has 0 aromatic carbocycles. The number of ether oxygens (including phenoxy) is 1. The number of nitrogens with one attached hydrogen (secondary N) is 2. The van der Waals surface area contributed by atoms with Crippen LogP contribution in [0.15, 0.2) is 4.99 Å². The molecule has 0 saturated carbocycles. The molecular weight excluding hydrogens is 285 g/mol. The molecule has 1 unspecified atom stereocenters. The van der Waals surface area contributed by atoms with Gasteiger partial charge in [-0.25, -0.2) is 0 Å². The van der Waals surface area contributed by atoms with Crippen molar-refractivity contribution in [3.8, 4) is 0 Å². The second-order valence-electron chi connectivity index (χ2n) is 4.97. The van der Waals surface area contributed by atoms with Gasteiger partial charge in [0, 0.05) is 26.2 Å². The van der Waals surface area contributed by atoms with Crippen LogP contribution in [0.1, 0.15) is 20.3 Å². The minimum absolute atomic E-state index is 0.112. The maximum Gasteiger partial charge on any atom is 0.401 e. The van der Waals surface area contributed by atoms with Crippen LogP contribution in [0, 0.1) is 0 Å². The topological polar surface area (TPSA) is 48.9 Å². The largest absolute Gasteiger partial charge is 0.401 e. The molecule has 5 nitrogen and oxygen atoms in total. The normalized spacial score (nSPS) is 14.4. The molecule has 126 valence electrons. The van der Waals surface area contributed by atoms with E-state index in [9.17, 15) is 13.2 Å². The van der Waals surface area contributed by atoms with Gasteiger partial charge in [0.15, 0.2) is 5.96 Å². The molecule has 0 saturated heterocycles. The first-order valence-electron chi connectivity index (χ1n) is 7.07. The summed E-state index contributed by atoms with van der Waals surface area (Å²) < 4.78 is 41.5. The average Bonchev–Trinajstić information content (AvgIpc) is 2.32. The fourth-order valence-corrected chi connectivity index (χ4v) is 1.76. The Bertz CT molecular complexity index is 298. The van der Waals surface area contributed by atoms with E-state index in [0.29, 0.717) is 32.1 Å². The Kier molecular flexibility index (Phi) is 10.2. The second kappa shape index (κ2) is 10.7. The molecule has 1 atom stereocenters. The molecule has 21 heavy (non-hydrogen) atoms. The molecular formula is C13H27F3N4O. The van der Waals surface area contributed by atoms with Crippen molar-refractivity contribution in [2.24, 2.45) is 4.99 Å². The monoisotopic (exact) mass is 312 g/mol. The quantitative estimate of drug-likeness (QED) is 0.384. The highest BCUT2D eigenvalue weighted by atomic mass is 19.4. The molecule has 0 aliphatic carbocycles. The van der Waals surface area contributed by atoms with Gasteiger partial charge >= 0.3 is 6.18 Å². The predicted octanol–water partition coefficient (Wildman–Crippen LogP) is 1.46. The van der Waals surface area contributed by atoms with Gasteiger partial charge in [0.1, 0.15) is 0 Å². The zero-order chi connectivity index (χ0) is 16.3. The van der Waals surface area contributed by atoms with Crippen molar-refractivity contribution in [2.75, 3.05) is 46.9 Å². The van der Waals surface area contributed by atoms with Crippen molar-refractivity contribution < 1.29 is 17.9 Å². The van der Waals surface area contributed by atoms with Crippen LogP contribution in [0.3, 0.4) is 0 Å². The average molecular weight is 312 g/mol. The summed E-state index contributed by atoms with van der Waals surface area (Å²) in [6.07, 6.45) is -3.58. The van der Waals surface area contributed by atoms with Gasteiger partial charge in [-0.2, -0.15) is 13.2 Å². The van der Waals surface area contributed by atoms with Crippen molar-refractivity contribution in [3.63, 3.8) is 0 Å². The molecule has 0 bridgehead atoms. The summed E-state index contributed by atoms with van der Waals surface area (Å²) in [5.41, 5.74) is 0. The SMILES string of the molecule is CCNC(=NCCCN(C)CC(F)(F)F)NC(C)COC. The Morgan fingerprint density at radius 2 is 2.05 bits per heavy atom. The van der Waals surface area contributed by atoms with Crippen molar-refractivity contribution in [1.82, 2.24) is 15.5 Å². The van der Waals surface area contributed by atoms with Crippen LogP contribution >= 0.6 is 0 Å². The van der Waals surface area contributed by atoms with Gasteiger partial charge in [-0.15, -0.1) is 0 Å². The zero-order valence-electron chi connectivity index (χ0n) is 13.3. The first-order valence-corrected chi connectivity index (χ1v) is 7.07. The molecule has 0 rings (SSSR count). The summed E-state index contributed by atoms with van der Waals surface area (Å²) in [7, 11) is 3.08. The summed E-state index contributed by atoms with van der Waals surface area (Å²) in [6, 6.07) is 0.112. The minimum atomic E-state index is -4.15. The Hall–Kier alpha value is -1.02. The Morgan fingerprint density at radius 1 is 1.38 bits per heavy atom. The summed E-state index contributed by atoms with van der Waals surface area (Å²) >= 11 is 0. The lowest BCUT2D eigenvalue weighted by Crippen LogP contribution is -2.44. The Balaban J connectivity index is 4.08. The Labute approximate surface area is 124 Å². The van der Waals surface area contributed by atoms with Gasteiger partial charge in [0.2, 0.25) is 0 Å². The highest BCUT2D eigenvalue weighted by Crippen LogP contribution is 2.15. The van der Waals surface area contributed by atoms with E-state index in [0.717, 1.165) is 6.54 Å². The van der Waals surface area contributed by atoms with E-state index in [1.54, 1.807) is 7.11 Å². The third-order valence-corrected chi connectivity index (χ3v) is 2.56. The standard InChI is InChI=1S/C13H27F3N4O/c1-5-17-12(19-11(2)9-21-4)18-7-6-8-20(3)10-13(14,15)16/h11H,5-10H2,1-4H3,(H2,17,18,19). The number of rotatable bonds is 9. The lowest BCUT2D eigenvalue weighted by atomic mass is 10.3. The summed E-state index contributed by atoms with van der Waals surface area (Å²) in [5, 5.41) is 6.25. The van der Waals surface area contributed by atoms with Gasteiger partial charge in [0.05, 0.1) is 13.2 Å². The predicted molar refractivity (Wildman–Crippen MR) is 78.6 cm³/mol. The first-order chi connectivity index (χ1) is 9.78. The van der Waals surface area contributed by atoms with Crippen LogP contribution in [0.2, 0.25) is 0 Å². The van der Waals surface area contributed by atoms with Crippen LogP contribution < -0.4 is 10.6 Å². The van der Waals surface area contributed by atoms with E-state index in [4.69, 9.17) is 4.74 Å². The van der Waals surface area contributed by atoms with E-state index in [1.165, 1.54) is 11.9 Å². The van der Waals surface area contributed by atoms with Gasteiger partial charge in [-0.1, -0.05) is 0 Å². The number of alkyl halides is 3. The molecule has 2 N–H and O–H groups in total. The van der Waals surface area contributed by atoms with Gasteiger partial charge in [-0.3, -0.25) is 9.89 Å². The van der Waals surface area contributed by atoms with Crippen LogP contribution in [0.4, 0.5) is 13.2 Å². The van der Waals surface area contributed by atoms with Crippen molar-refractivity contribution in [1.29, 1.82) is 0 Å². The molecule has 0 fully saturated rings. The van der Waals surface area contributed by atoms with E-state index in [-0.39, 0.29) is 6.04 Å². The van der Waals surface area contributed by atoms with Crippen molar-refractivity contribution in [3.05, 3.63) is 0 Å². The number of halogens is 3. The van der Waals surface area contributed by atoms with Crippen LogP contribution in [0.5, 0.6) is 0 Å². The number of hydrogen-bond acceptors (Lipinski definition) is 3. The highest BCUT2D eigenvalue weighted by molar-refractivity contribution is 5.80. The molecule has 0 amide bonds. The maximum absolute atomic E-state index is 12.2. The molecule has 0 aliphatic rings. The lowest BCUT2D eigenvalue weighted by molar-refractivity contribution is -0.143. The smallest absolute Gasteiger partial charge is 0.383 e. The number of guanidine groups is 1. The maximum atomic E-state index is 12.2. The lowest BCUT2D eigenvalue weighted by Gasteiger charge is -2.19. The third kappa shape index (κ3) is 12.4. The second-order valence-corrected chi connectivity index (χ2v) is 4.97. The molecule has 0 aliphatic heterocycles. The van der Waals surface area contributed by atoms with E-state index in [2.05, 4.69) is 15.6 Å². The zero-order valence-corrected chi connectivity index (χ0v) is 13.3. The minimum Gasteiger partial charge on any atom is -0.383 e. The molecule has 8 heteroatoms. The Morgan fingerprint density at radius 3 is 2.57 bits per heavy atom. The third-order valence-electron chi connectivity index (χ3n) is 2.56. The number of nitrogens with zero attached hydrogens (tertiary/aromatic N) is 2. The highest BCUT2D eigenvalue weighted by Gasteiger charge is 2.28. The summed E-state index contributed by atoms with van der Waals surface area (Å²) in [4.78, 5) is 5.59. The summed E-state index contributed by atoms with van der Waals surface area (Å²) in [5.74, 6) is 0.653. The van der Waals surface area contributed by atoms with Crippen molar-refractivity contribution in [2.45, 2.75) is 32.5 Å². The van der Waals surface area contributed by atoms with E-state index in [1.807, 2.05) is 13.8 Å². The number of methoxy groups -OCH3 is 1. The molecule has 0 aromatic heterocycles. The number of aliphatic imine (C=N–C) groups is 1. The fourth-order valence-electron chi connectivity index (χ4n) is 1.76. The van der Waals surface area contributed by atoms with E-state index < -0.39 is 12.7 Å². The van der Waals surface area contributed by atoms with Crippen LogP contribution in [0.25, 0.3) is 0 Å². The van der Waals surface area contributed by atoms with E-state index >= 15 is 0 Å². The first kappa shape index (κ1) is 20.0. The molecule has 0 spiro atoms. The van der Waals surface area contributed by atoms with Crippen molar-refractivity contribution >= 4 is 5.96 Å². The molecule has 0 heterocycles. The van der Waals surface area contributed by atoms with Crippen LogP contribution in [-0.4, -0.2) is 70.0 Å². The summed E-state index contributed by atoms with van der Waals surface area (Å²) in [6.45, 7) is 5.13. The van der Waals surface area contributed by atoms with Gasteiger partial charge in [0.25, 0.3) is 0 Å².